The highest BCUT2D eigenvalue weighted by molar-refractivity contribution is 6.17. The Labute approximate surface area is 118 Å². The van der Waals surface area contributed by atoms with E-state index >= 15 is 0 Å². The number of Topliss-reactive ketones (excluding diaryl/α,β-unsaturated/α-hetero) is 1. The number of carbonyl (C=O) groups excluding carboxylic acids is 1. The summed E-state index contributed by atoms with van der Waals surface area (Å²) >= 11 is 5.65. The molecule has 3 heteroatoms. The van der Waals surface area contributed by atoms with Crippen LogP contribution < -0.4 is 4.74 Å². The minimum absolute atomic E-state index is 0.0260. The van der Waals surface area contributed by atoms with E-state index in [1.54, 1.807) is 6.92 Å². The van der Waals surface area contributed by atoms with Gasteiger partial charge in [0.1, 0.15) is 5.75 Å². The van der Waals surface area contributed by atoms with Crippen LogP contribution >= 0.6 is 11.6 Å². The Hall–Kier alpha value is -1.54. The Bertz CT molecular complexity index is 578. The molecule has 0 unspecified atom stereocenters. The highest BCUT2D eigenvalue weighted by Crippen LogP contribution is 2.30. The SMILES string of the molecule is CC(=O)c1ccc2ccccc2c1OCCCCCl. The minimum Gasteiger partial charge on any atom is -0.492 e. The molecule has 0 aliphatic heterocycles. The lowest BCUT2D eigenvalue weighted by atomic mass is 10.0. The van der Waals surface area contributed by atoms with Crippen LogP contribution in [0.15, 0.2) is 36.4 Å². The lowest BCUT2D eigenvalue weighted by Crippen LogP contribution is -2.04. The molecule has 2 rings (SSSR count). The van der Waals surface area contributed by atoms with Gasteiger partial charge in [-0.15, -0.1) is 11.6 Å². The van der Waals surface area contributed by atoms with Gasteiger partial charge in [0, 0.05) is 11.3 Å². The maximum atomic E-state index is 11.7. The maximum absolute atomic E-state index is 11.7. The van der Waals surface area contributed by atoms with Crippen molar-refractivity contribution in [1.29, 1.82) is 0 Å². The average Bonchev–Trinajstić information content (AvgIpc) is 2.43. The Kier molecular flexibility index (Phi) is 4.80. The predicted molar refractivity (Wildman–Crippen MR) is 79.4 cm³/mol. The van der Waals surface area contributed by atoms with Gasteiger partial charge >= 0.3 is 0 Å². The van der Waals surface area contributed by atoms with Crippen LogP contribution in [0.1, 0.15) is 30.1 Å². The van der Waals surface area contributed by atoms with Crippen molar-refractivity contribution in [2.45, 2.75) is 19.8 Å². The first-order valence-electron chi connectivity index (χ1n) is 6.45. The molecule has 0 radical (unpaired) electrons. The number of fused-ring (bicyclic) bond motifs is 1. The van der Waals surface area contributed by atoms with Crippen molar-refractivity contribution in [2.24, 2.45) is 0 Å². The summed E-state index contributed by atoms with van der Waals surface area (Å²) < 4.78 is 5.83. The molecule has 0 bridgehead atoms. The zero-order valence-electron chi connectivity index (χ0n) is 11.0. The molecule has 2 aromatic rings. The predicted octanol–water partition coefficient (Wildman–Crippen LogP) is 4.44. The summed E-state index contributed by atoms with van der Waals surface area (Å²) in [6.07, 6.45) is 1.81. The van der Waals surface area contributed by atoms with Gasteiger partial charge in [-0.05, 0) is 31.2 Å². The summed E-state index contributed by atoms with van der Waals surface area (Å²) in [5.74, 6) is 1.36. The smallest absolute Gasteiger partial charge is 0.163 e. The van der Waals surface area contributed by atoms with E-state index < -0.39 is 0 Å². The summed E-state index contributed by atoms with van der Waals surface area (Å²) in [6.45, 7) is 2.15. The summed E-state index contributed by atoms with van der Waals surface area (Å²) in [7, 11) is 0. The molecule has 0 fully saturated rings. The summed E-state index contributed by atoms with van der Waals surface area (Å²) in [5.41, 5.74) is 0.643. The van der Waals surface area contributed by atoms with Crippen LogP contribution in [0.3, 0.4) is 0 Å². The molecular weight excluding hydrogens is 260 g/mol. The van der Waals surface area contributed by atoms with Gasteiger partial charge in [0.25, 0.3) is 0 Å². The third kappa shape index (κ3) is 3.27. The lowest BCUT2D eigenvalue weighted by molar-refractivity contribution is 0.101. The lowest BCUT2D eigenvalue weighted by Gasteiger charge is -2.12. The number of benzene rings is 2. The molecule has 0 saturated heterocycles. The quantitative estimate of drug-likeness (QED) is 0.443. The van der Waals surface area contributed by atoms with E-state index in [9.17, 15) is 4.79 Å². The van der Waals surface area contributed by atoms with E-state index in [4.69, 9.17) is 16.3 Å². The number of hydrogen-bond donors (Lipinski definition) is 0. The molecule has 0 atom stereocenters. The molecule has 0 amide bonds. The molecule has 0 aliphatic carbocycles. The van der Waals surface area contributed by atoms with E-state index in [-0.39, 0.29) is 5.78 Å². The first-order chi connectivity index (χ1) is 9.24. The van der Waals surface area contributed by atoms with Gasteiger partial charge in [-0.25, -0.2) is 0 Å². The Morgan fingerprint density at radius 1 is 1.16 bits per heavy atom. The molecule has 100 valence electrons. The molecule has 0 N–H and O–H groups in total. The molecule has 0 aromatic heterocycles. The van der Waals surface area contributed by atoms with Crippen molar-refractivity contribution in [3.8, 4) is 5.75 Å². The maximum Gasteiger partial charge on any atom is 0.163 e. The van der Waals surface area contributed by atoms with Crippen LogP contribution in [0.2, 0.25) is 0 Å². The molecule has 2 nitrogen and oxygen atoms in total. The van der Waals surface area contributed by atoms with Gasteiger partial charge in [-0.1, -0.05) is 30.3 Å². The summed E-state index contributed by atoms with van der Waals surface area (Å²) in [6, 6.07) is 11.7. The van der Waals surface area contributed by atoms with E-state index in [0.29, 0.717) is 23.8 Å². The second kappa shape index (κ2) is 6.58. The van der Waals surface area contributed by atoms with E-state index in [1.807, 2.05) is 36.4 Å². The number of ketones is 1. The van der Waals surface area contributed by atoms with Crippen LogP contribution in [-0.4, -0.2) is 18.3 Å². The second-order valence-electron chi connectivity index (χ2n) is 4.46. The van der Waals surface area contributed by atoms with Gasteiger partial charge in [0.2, 0.25) is 0 Å². The van der Waals surface area contributed by atoms with Crippen molar-refractivity contribution in [1.82, 2.24) is 0 Å². The van der Waals surface area contributed by atoms with E-state index in [0.717, 1.165) is 23.6 Å². The topological polar surface area (TPSA) is 26.3 Å². The fourth-order valence-corrected chi connectivity index (χ4v) is 2.24. The monoisotopic (exact) mass is 276 g/mol. The third-order valence-corrected chi connectivity index (χ3v) is 3.30. The molecule has 0 heterocycles. The average molecular weight is 277 g/mol. The molecule has 19 heavy (non-hydrogen) atoms. The Morgan fingerprint density at radius 3 is 2.68 bits per heavy atom. The molecule has 0 saturated carbocycles. The zero-order chi connectivity index (χ0) is 13.7. The second-order valence-corrected chi connectivity index (χ2v) is 4.84. The first kappa shape index (κ1) is 13.9. The Morgan fingerprint density at radius 2 is 1.95 bits per heavy atom. The van der Waals surface area contributed by atoms with Gasteiger partial charge in [-0.2, -0.15) is 0 Å². The number of ether oxygens (including phenoxy) is 1. The first-order valence-corrected chi connectivity index (χ1v) is 6.99. The number of rotatable bonds is 6. The molecule has 0 aliphatic rings. The molecule has 0 spiro atoms. The van der Waals surface area contributed by atoms with Crippen molar-refractivity contribution in [2.75, 3.05) is 12.5 Å². The number of hydrogen-bond acceptors (Lipinski definition) is 2. The van der Waals surface area contributed by atoms with Crippen LogP contribution in [-0.2, 0) is 0 Å². The van der Waals surface area contributed by atoms with Crippen LogP contribution in [0.5, 0.6) is 5.75 Å². The summed E-state index contributed by atoms with van der Waals surface area (Å²) in [4.78, 5) is 11.7. The van der Waals surface area contributed by atoms with Gasteiger partial charge < -0.3 is 4.74 Å². The normalized spacial score (nSPS) is 10.6. The van der Waals surface area contributed by atoms with Crippen molar-refractivity contribution in [3.05, 3.63) is 42.0 Å². The van der Waals surface area contributed by atoms with Crippen molar-refractivity contribution < 1.29 is 9.53 Å². The van der Waals surface area contributed by atoms with Crippen molar-refractivity contribution in [3.63, 3.8) is 0 Å². The van der Waals surface area contributed by atoms with Crippen LogP contribution in [0, 0.1) is 0 Å². The zero-order valence-corrected chi connectivity index (χ0v) is 11.7. The number of halogens is 1. The fourth-order valence-electron chi connectivity index (χ4n) is 2.05. The Balaban J connectivity index is 2.35. The number of alkyl halides is 1. The largest absolute Gasteiger partial charge is 0.492 e. The van der Waals surface area contributed by atoms with Crippen molar-refractivity contribution >= 4 is 28.2 Å². The van der Waals surface area contributed by atoms with E-state index in [2.05, 4.69) is 0 Å². The fraction of sp³-hybridized carbons (Fsp3) is 0.312. The van der Waals surface area contributed by atoms with E-state index in [1.165, 1.54) is 0 Å². The third-order valence-electron chi connectivity index (χ3n) is 3.03. The molecule has 2 aromatic carbocycles. The highest BCUT2D eigenvalue weighted by Gasteiger charge is 2.12. The molecular formula is C16H17ClO2. The highest BCUT2D eigenvalue weighted by atomic mass is 35.5. The minimum atomic E-state index is 0.0260. The summed E-state index contributed by atoms with van der Waals surface area (Å²) in [5, 5.41) is 2.07. The standard InChI is InChI=1S/C16H17ClO2/c1-12(18)14-9-8-13-6-2-3-7-15(13)16(14)19-11-5-4-10-17/h2-3,6-9H,4-5,10-11H2,1H3. The van der Waals surface area contributed by atoms with Crippen LogP contribution in [0.4, 0.5) is 0 Å². The van der Waals surface area contributed by atoms with Gasteiger partial charge in [-0.3, -0.25) is 4.79 Å². The number of carbonyl (C=O) groups is 1. The van der Waals surface area contributed by atoms with Crippen LogP contribution in [0.25, 0.3) is 10.8 Å². The van der Waals surface area contributed by atoms with Gasteiger partial charge in [0.15, 0.2) is 5.78 Å². The van der Waals surface area contributed by atoms with Gasteiger partial charge in [0.05, 0.1) is 12.2 Å². The number of unbranched alkanes of at least 4 members (excludes halogenated alkanes) is 1.